The summed E-state index contributed by atoms with van der Waals surface area (Å²) in [6.07, 6.45) is -4.38. The Bertz CT molecular complexity index is 228. The monoisotopic (exact) mass is 226 g/mol. The third kappa shape index (κ3) is 3.72. The Morgan fingerprint density at radius 3 is 1.80 bits per heavy atom. The van der Waals surface area contributed by atoms with E-state index in [0.29, 0.717) is 0 Å². The SMILES string of the molecule is COC(=O)C(C(C)C(F)(F)F)C(C)(C)C. The first-order valence-corrected chi connectivity index (χ1v) is 4.66. The first-order valence-electron chi connectivity index (χ1n) is 4.66. The maximum atomic E-state index is 12.5. The van der Waals surface area contributed by atoms with Crippen LogP contribution in [0, 0.1) is 17.3 Å². The van der Waals surface area contributed by atoms with Crippen LogP contribution in [0.5, 0.6) is 0 Å². The Kier molecular flexibility index (Phi) is 4.19. The number of hydrogen-bond acceptors (Lipinski definition) is 2. The highest BCUT2D eigenvalue weighted by molar-refractivity contribution is 5.73. The van der Waals surface area contributed by atoms with Gasteiger partial charge in [-0.25, -0.2) is 0 Å². The van der Waals surface area contributed by atoms with Gasteiger partial charge in [-0.1, -0.05) is 27.7 Å². The maximum Gasteiger partial charge on any atom is 0.392 e. The van der Waals surface area contributed by atoms with E-state index in [1.807, 2.05) is 0 Å². The van der Waals surface area contributed by atoms with E-state index in [9.17, 15) is 18.0 Å². The molecule has 90 valence electrons. The number of carbonyl (C=O) groups is 1. The normalized spacial score (nSPS) is 17.1. The number of alkyl halides is 3. The Morgan fingerprint density at radius 1 is 1.20 bits per heavy atom. The Hall–Kier alpha value is -0.740. The number of halogens is 3. The van der Waals surface area contributed by atoms with Gasteiger partial charge >= 0.3 is 12.1 Å². The zero-order valence-corrected chi connectivity index (χ0v) is 9.61. The van der Waals surface area contributed by atoms with Crippen LogP contribution < -0.4 is 0 Å². The minimum Gasteiger partial charge on any atom is -0.469 e. The molecule has 5 heteroatoms. The van der Waals surface area contributed by atoms with Crippen LogP contribution in [0.25, 0.3) is 0 Å². The van der Waals surface area contributed by atoms with Gasteiger partial charge in [-0.05, 0) is 5.41 Å². The van der Waals surface area contributed by atoms with E-state index in [-0.39, 0.29) is 0 Å². The summed E-state index contributed by atoms with van der Waals surface area (Å²) in [4.78, 5) is 11.3. The van der Waals surface area contributed by atoms with Gasteiger partial charge in [0.2, 0.25) is 0 Å². The van der Waals surface area contributed by atoms with E-state index < -0.39 is 29.4 Å². The van der Waals surface area contributed by atoms with Crippen LogP contribution in [0.15, 0.2) is 0 Å². The second-order valence-electron chi connectivity index (χ2n) is 4.70. The van der Waals surface area contributed by atoms with Crippen LogP contribution in [0.2, 0.25) is 0 Å². The van der Waals surface area contributed by atoms with Gasteiger partial charge < -0.3 is 4.74 Å². The van der Waals surface area contributed by atoms with Crippen molar-refractivity contribution in [2.45, 2.75) is 33.9 Å². The van der Waals surface area contributed by atoms with Gasteiger partial charge in [0.15, 0.2) is 0 Å². The number of methoxy groups -OCH3 is 1. The van der Waals surface area contributed by atoms with Crippen molar-refractivity contribution >= 4 is 5.97 Å². The predicted octanol–water partition coefficient (Wildman–Crippen LogP) is 3.02. The molecule has 0 aromatic rings. The Balaban J connectivity index is 5.05. The van der Waals surface area contributed by atoms with Crippen LogP contribution in [0.4, 0.5) is 13.2 Å². The molecular weight excluding hydrogens is 209 g/mol. The lowest BCUT2D eigenvalue weighted by molar-refractivity contribution is -0.202. The van der Waals surface area contributed by atoms with Gasteiger partial charge in [0, 0.05) is 0 Å². The molecule has 0 bridgehead atoms. The molecule has 0 aliphatic heterocycles. The van der Waals surface area contributed by atoms with Crippen LogP contribution in [-0.4, -0.2) is 19.3 Å². The molecule has 0 aliphatic rings. The van der Waals surface area contributed by atoms with Crippen molar-refractivity contribution in [1.29, 1.82) is 0 Å². The fourth-order valence-corrected chi connectivity index (χ4v) is 1.62. The number of ether oxygens (including phenoxy) is 1. The minimum absolute atomic E-state index is 0.776. The van der Waals surface area contributed by atoms with Crippen molar-refractivity contribution in [2.24, 2.45) is 17.3 Å². The molecule has 0 fully saturated rings. The predicted molar refractivity (Wildman–Crippen MR) is 50.2 cm³/mol. The fourth-order valence-electron chi connectivity index (χ4n) is 1.62. The van der Waals surface area contributed by atoms with Crippen molar-refractivity contribution in [1.82, 2.24) is 0 Å². The van der Waals surface area contributed by atoms with Crippen LogP contribution >= 0.6 is 0 Å². The molecule has 0 N–H and O–H groups in total. The number of esters is 1. The molecule has 2 unspecified atom stereocenters. The van der Waals surface area contributed by atoms with Crippen LogP contribution in [-0.2, 0) is 9.53 Å². The smallest absolute Gasteiger partial charge is 0.392 e. The van der Waals surface area contributed by atoms with Crippen molar-refractivity contribution in [3.63, 3.8) is 0 Å². The Labute approximate surface area is 87.8 Å². The van der Waals surface area contributed by atoms with Crippen molar-refractivity contribution < 1.29 is 22.7 Å². The largest absolute Gasteiger partial charge is 0.469 e. The van der Waals surface area contributed by atoms with Gasteiger partial charge in [0.25, 0.3) is 0 Å². The van der Waals surface area contributed by atoms with E-state index >= 15 is 0 Å². The molecule has 0 amide bonds. The van der Waals surface area contributed by atoms with Gasteiger partial charge in [-0.2, -0.15) is 13.2 Å². The molecule has 0 heterocycles. The standard InChI is InChI=1S/C10H17F3O2/c1-6(10(11,12)13)7(8(14)15-5)9(2,3)4/h6-7H,1-5H3. The first kappa shape index (κ1) is 14.3. The lowest BCUT2D eigenvalue weighted by Crippen LogP contribution is -2.41. The zero-order chi connectivity index (χ0) is 12.4. The van der Waals surface area contributed by atoms with Gasteiger partial charge in [0.1, 0.15) is 0 Å². The summed E-state index contributed by atoms with van der Waals surface area (Å²) in [5, 5.41) is 0. The molecular formula is C10H17F3O2. The van der Waals surface area contributed by atoms with E-state index in [2.05, 4.69) is 4.74 Å². The minimum atomic E-state index is -4.38. The summed E-state index contributed by atoms with van der Waals surface area (Å²) in [5.41, 5.74) is -0.776. The van der Waals surface area contributed by atoms with Crippen molar-refractivity contribution in [2.75, 3.05) is 7.11 Å². The third-order valence-electron chi connectivity index (χ3n) is 2.40. The van der Waals surface area contributed by atoms with E-state index in [1.54, 1.807) is 20.8 Å². The average molecular weight is 226 g/mol. The molecule has 15 heavy (non-hydrogen) atoms. The molecule has 0 saturated carbocycles. The number of rotatable bonds is 2. The first-order chi connectivity index (χ1) is 6.51. The zero-order valence-electron chi connectivity index (χ0n) is 9.61. The van der Waals surface area contributed by atoms with Gasteiger partial charge in [-0.3, -0.25) is 4.79 Å². The van der Waals surface area contributed by atoms with Crippen LogP contribution in [0.3, 0.4) is 0 Å². The Morgan fingerprint density at radius 2 is 1.60 bits per heavy atom. The summed E-state index contributed by atoms with van der Waals surface area (Å²) in [5.74, 6) is -3.69. The fraction of sp³-hybridized carbons (Fsp3) is 0.900. The lowest BCUT2D eigenvalue weighted by Gasteiger charge is -2.33. The molecule has 2 atom stereocenters. The van der Waals surface area contributed by atoms with Gasteiger partial charge in [-0.15, -0.1) is 0 Å². The average Bonchev–Trinajstić information content (AvgIpc) is 1.99. The highest BCUT2D eigenvalue weighted by Gasteiger charge is 2.49. The van der Waals surface area contributed by atoms with Gasteiger partial charge in [0.05, 0.1) is 18.9 Å². The summed E-state index contributed by atoms with van der Waals surface area (Å²) in [6, 6.07) is 0. The molecule has 0 aromatic carbocycles. The van der Waals surface area contributed by atoms with Crippen molar-refractivity contribution in [3.05, 3.63) is 0 Å². The molecule has 0 aliphatic carbocycles. The second kappa shape index (κ2) is 4.41. The summed E-state index contributed by atoms with van der Waals surface area (Å²) in [7, 11) is 1.10. The molecule has 2 nitrogen and oxygen atoms in total. The molecule has 0 rings (SSSR count). The van der Waals surface area contributed by atoms with Crippen LogP contribution in [0.1, 0.15) is 27.7 Å². The van der Waals surface area contributed by atoms with E-state index in [1.165, 1.54) is 0 Å². The third-order valence-corrected chi connectivity index (χ3v) is 2.40. The highest BCUT2D eigenvalue weighted by Crippen LogP contribution is 2.41. The maximum absolute atomic E-state index is 12.5. The lowest BCUT2D eigenvalue weighted by atomic mass is 9.73. The summed E-state index contributed by atoms with van der Waals surface area (Å²) in [6.45, 7) is 5.79. The topological polar surface area (TPSA) is 26.3 Å². The molecule has 0 saturated heterocycles. The summed E-state index contributed by atoms with van der Waals surface area (Å²) >= 11 is 0. The number of carbonyl (C=O) groups excluding carboxylic acids is 1. The van der Waals surface area contributed by atoms with E-state index in [4.69, 9.17) is 0 Å². The molecule has 0 spiro atoms. The quantitative estimate of drug-likeness (QED) is 0.676. The second-order valence-corrected chi connectivity index (χ2v) is 4.70. The molecule has 0 aromatic heterocycles. The van der Waals surface area contributed by atoms with E-state index in [0.717, 1.165) is 14.0 Å². The van der Waals surface area contributed by atoms with Crippen molar-refractivity contribution in [3.8, 4) is 0 Å². The molecule has 0 radical (unpaired) electrons. The highest BCUT2D eigenvalue weighted by atomic mass is 19.4. The number of hydrogen-bond donors (Lipinski definition) is 0. The summed E-state index contributed by atoms with van der Waals surface area (Å²) < 4.78 is 42.0.